The maximum absolute atomic E-state index is 11.7. The molecular weight excluding hydrogens is 178 g/mol. The van der Waals surface area contributed by atoms with E-state index in [2.05, 4.69) is 10.3 Å². The molecule has 0 aliphatic carbocycles. The zero-order valence-electron chi connectivity index (χ0n) is 8.83. The molecule has 0 spiro atoms. The Balaban J connectivity index is 1.89. The predicted octanol–water partition coefficient (Wildman–Crippen LogP) is 0.0651. The van der Waals surface area contributed by atoms with Crippen LogP contribution in [0.5, 0.6) is 0 Å². The van der Waals surface area contributed by atoms with Crippen molar-refractivity contribution in [3.05, 3.63) is 0 Å². The van der Waals surface area contributed by atoms with Crippen molar-refractivity contribution in [1.82, 2.24) is 15.3 Å². The van der Waals surface area contributed by atoms with E-state index in [-0.39, 0.29) is 0 Å². The summed E-state index contributed by atoms with van der Waals surface area (Å²) >= 11 is 0. The Morgan fingerprint density at radius 2 is 2.43 bits per heavy atom. The maximum atomic E-state index is 11.7. The summed E-state index contributed by atoms with van der Waals surface area (Å²) in [6.07, 6.45) is 2.94. The molecule has 1 atom stereocenters. The molecule has 1 amide bonds. The van der Waals surface area contributed by atoms with Crippen LogP contribution in [0.15, 0.2) is 0 Å². The highest BCUT2D eigenvalue weighted by atomic mass is 16.2. The smallest absolute Gasteiger partial charge is 0.236 e. The molecule has 0 saturated carbocycles. The number of nitrogens with zero attached hydrogens (tertiary/aromatic N) is 2. The van der Waals surface area contributed by atoms with Crippen LogP contribution in [0.3, 0.4) is 0 Å². The second-order valence-electron chi connectivity index (χ2n) is 4.32. The number of amides is 1. The average molecular weight is 197 g/mol. The van der Waals surface area contributed by atoms with Crippen molar-refractivity contribution in [2.45, 2.75) is 19.3 Å². The molecule has 2 aliphatic rings. The van der Waals surface area contributed by atoms with Crippen LogP contribution < -0.4 is 5.32 Å². The molecule has 80 valence electrons. The molecular formula is C10H19N3O. The normalized spacial score (nSPS) is 29.9. The van der Waals surface area contributed by atoms with Gasteiger partial charge in [-0.2, -0.15) is 0 Å². The minimum atomic E-state index is 0.297. The van der Waals surface area contributed by atoms with Gasteiger partial charge in [0.2, 0.25) is 5.91 Å². The number of nitrogens with one attached hydrogen (secondary N) is 1. The molecule has 1 N–H and O–H groups in total. The second kappa shape index (κ2) is 4.28. The van der Waals surface area contributed by atoms with Crippen LogP contribution in [-0.2, 0) is 4.79 Å². The zero-order chi connectivity index (χ0) is 9.97. The number of hydrogen-bond acceptors (Lipinski definition) is 3. The Morgan fingerprint density at radius 1 is 1.57 bits per heavy atom. The molecule has 2 rings (SSSR count). The Morgan fingerprint density at radius 3 is 3.07 bits per heavy atom. The van der Waals surface area contributed by atoms with E-state index in [0.29, 0.717) is 11.8 Å². The fourth-order valence-corrected chi connectivity index (χ4v) is 2.26. The van der Waals surface area contributed by atoms with Crippen LogP contribution in [0.25, 0.3) is 0 Å². The van der Waals surface area contributed by atoms with Gasteiger partial charge in [0, 0.05) is 26.6 Å². The zero-order valence-corrected chi connectivity index (χ0v) is 8.83. The van der Waals surface area contributed by atoms with Gasteiger partial charge in [-0.3, -0.25) is 9.80 Å². The van der Waals surface area contributed by atoms with Crippen LogP contribution in [-0.4, -0.2) is 49.2 Å². The van der Waals surface area contributed by atoms with E-state index < -0.39 is 0 Å². The molecule has 0 aromatic heterocycles. The van der Waals surface area contributed by atoms with Crippen LogP contribution >= 0.6 is 0 Å². The largest absolute Gasteiger partial charge is 0.316 e. The first-order chi connectivity index (χ1) is 6.77. The average Bonchev–Trinajstić information content (AvgIpc) is 2.64. The summed E-state index contributed by atoms with van der Waals surface area (Å²) in [6, 6.07) is 0. The Kier molecular flexibility index (Phi) is 3.03. The van der Waals surface area contributed by atoms with Crippen molar-refractivity contribution in [3.8, 4) is 0 Å². The summed E-state index contributed by atoms with van der Waals surface area (Å²) in [6.45, 7) is 4.10. The van der Waals surface area contributed by atoms with Crippen molar-refractivity contribution < 1.29 is 4.79 Å². The third-order valence-electron chi connectivity index (χ3n) is 3.17. The first-order valence-electron chi connectivity index (χ1n) is 5.49. The van der Waals surface area contributed by atoms with Crippen molar-refractivity contribution >= 4 is 5.91 Å². The lowest BCUT2D eigenvalue weighted by Crippen LogP contribution is -2.50. The molecule has 0 radical (unpaired) electrons. The molecule has 2 heterocycles. The highest BCUT2D eigenvalue weighted by Gasteiger charge is 2.26. The van der Waals surface area contributed by atoms with Gasteiger partial charge in [-0.15, -0.1) is 0 Å². The van der Waals surface area contributed by atoms with Crippen LogP contribution in [0.1, 0.15) is 19.3 Å². The molecule has 14 heavy (non-hydrogen) atoms. The summed E-state index contributed by atoms with van der Waals surface area (Å²) in [5.41, 5.74) is 0. The minimum absolute atomic E-state index is 0.297. The number of hydrogen-bond donors (Lipinski definition) is 1. The van der Waals surface area contributed by atoms with Gasteiger partial charge >= 0.3 is 0 Å². The minimum Gasteiger partial charge on any atom is -0.316 e. The van der Waals surface area contributed by atoms with Gasteiger partial charge in [-0.1, -0.05) is 0 Å². The fraction of sp³-hybridized carbons (Fsp3) is 0.900. The van der Waals surface area contributed by atoms with Gasteiger partial charge in [0.25, 0.3) is 0 Å². The van der Waals surface area contributed by atoms with Crippen molar-refractivity contribution in [2.24, 2.45) is 5.92 Å². The van der Waals surface area contributed by atoms with Gasteiger partial charge in [-0.25, -0.2) is 5.01 Å². The topological polar surface area (TPSA) is 35.6 Å². The maximum Gasteiger partial charge on any atom is 0.236 e. The SMILES string of the molecule is CN1CCCC(=O)N1CC1CCNC1. The molecule has 4 heteroatoms. The van der Waals surface area contributed by atoms with Crippen molar-refractivity contribution in [1.29, 1.82) is 0 Å². The quantitative estimate of drug-likeness (QED) is 0.680. The molecule has 2 fully saturated rings. The Labute approximate surface area is 85.2 Å². The molecule has 2 aliphatic heterocycles. The third-order valence-corrected chi connectivity index (χ3v) is 3.17. The molecule has 1 unspecified atom stereocenters. The van der Waals surface area contributed by atoms with Gasteiger partial charge in [0.05, 0.1) is 0 Å². The number of carbonyl (C=O) groups is 1. The summed E-state index contributed by atoms with van der Waals surface area (Å²) < 4.78 is 0. The standard InChI is InChI=1S/C10H19N3O/c1-12-6-2-3-10(14)13(12)8-9-4-5-11-7-9/h9,11H,2-8H2,1H3. The van der Waals surface area contributed by atoms with E-state index >= 15 is 0 Å². The van der Waals surface area contributed by atoms with E-state index in [9.17, 15) is 4.79 Å². The summed E-state index contributed by atoms with van der Waals surface area (Å²) in [5, 5.41) is 7.34. The second-order valence-corrected chi connectivity index (χ2v) is 4.32. The van der Waals surface area contributed by atoms with Crippen molar-refractivity contribution in [3.63, 3.8) is 0 Å². The summed E-state index contributed by atoms with van der Waals surface area (Å²) in [4.78, 5) is 11.7. The Bertz CT molecular complexity index is 213. The number of rotatable bonds is 2. The first-order valence-corrected chi connectivity index (χ1v) is 5.49. The Hall–Kier alpha value is -0.610. The lowest BCUT2D eigenvalue weighted by molar-refractivity contribution is -0.153. The van der Waals surface area contributed by atoms with E-state index in [1.807, 2.05) is 12.1 Å². The van der Waals surface area contributed by atoms with Crippen LogP contribution in [0.4, 0.5) is 0 Å². The predicted molar refractivity (Wildman–Crippen MR) is 54.6 cm³/mol. The van der Waals surface area contributed by atoms with Gasteiger partial charge in [0.1, 0.15) is 0 Å². The number of carbonyl (C=O) groups excluding carboxylic acids is 1. The fourth-order valence-electron chi connectivity index (χ4n) is 2.26. The van der Waals surface area contributed by atoms with Crippen molar-refractivity contribution in [2.75, 3.05) is 33.2 Å². The van der Waals surface area contributed by atoms with Gasteiger partial charge < -0.3 is 5.32 Å². The third kappa shape index (κ3) is 2.07. The van der Waals surface area contributed by atoms with E-state index in [4.69, 9.17) is 0 Å². The summed E-state index contributed by atoms with van der Waals surface area (Å²) in [7, 11) is 2.01. The molecule has 0 bridgehead atoms. The van der Waals surface area contributed by atoms with E-state index in [1.165, 1.54) is 6.42 Å². The van der Waals surface area contributed by atoms with Gasteiger partial charge in [-0.05, 0) is 31.8 Å². The monoisotopic (exact) mass is 197 g/mol. The highest BCUT2D eigenvalue weighted by molar-refractivity contribution is 5.76. The lowest BCUT2D eigenvalue weighted by atomic mass is 10.1. The molecule has 0 aromatic rings. The highest BCUT2D eigenvalue weighted by Crippen LogP contribution is 2.15. The molecule has 4 nitrogen and oxygen atoms in total. The van der Waals surface area contributed by atoms with Gasteiger partial charge in [0.15, 0.2) is 0 Å². The summed E-state index contributed by atoms with van der Waals surface area (Å²) in [5.74, 6) is 0.949. The van der Waals surface area contributed by atoms with Crippen LogP contribution in [0.2, 0.25) is 0 Å². The van der Waals surface area contributed by atoms with Crippen LogP contribution in [0, 0.1) is 5.92 Å². The molecule has 2 saturated heterocycles. The number of hydrazine groups is 1. The lowest BCUT2D eigenvalue weighted by Gasteiger charge is -2.37. The van der Waals surface area contributed by atoms with E-state index in [0.717, 1.165) is 39.0 Å². The molecule has 0 aromatic carbocycles. The first kappa shape index (κ1) is 9.93. The van der Waals surface area contributed by atoms with E-state index in [1.54, 1.807) is 0 Å².